The van der Waals surface area contributed by atoms with Crippen LogP contribution in [-0.4, -0.2) is 14.5 Å². The quantitative estimate of drug-likeness (QED) is 0.472. The molecule has 0 aliphatic carbocycles. The molecule has 3 aromatic heterocycles. The summed E-state index contributed by atoms with van der Waals surface area (Å²) in [6.07, 6.45) is 3.44. The molecule has 0 amide bonds. The lowest BCUT2D eigenvalue weighted by Gasteiger charge is -2.10. The summed E-state index contributed by atoms with van der Waals surface area (Å²) in [6.45, 7) is -0.711. The number of aromatic nitrogens is 2. The summed E-state index contributed by atoms with van der Waals surface area (Å²) < 4.78 is 35.9. The lowest BCUT2D eigenvalue weighted by molar-refractivity contribution is 0.269. The molecule has 3 heterocycles. The van der Waals surface area contributed by atoms with Crippen LogP contribution in [0, 0.1) is 11.6 Å². The number of nitrogens with zero attached hydrogens (tertiary/aromatic N) is 2. The van der Waals surface area contributed by atoms with Crippen LogP contribution in [0.15, 0.2) is 71.5 Å². The monoisotopic (exact) mass is 376 g/mol. The van der Waals surface area contributed by atoms with E-state index in [0.29, 0.717) is 17.0 Å². The second-order valence-corrected chi connectivity index (χ2v) is 6.46. The van der Waals surface area contributed by atoms with Crippen LogP contribution in [0.1, 0.15) is 5.56 Å². The van der Waals surface area contributed by atoms with Crippen molar-refractivity contribution >= 4 is 16.6 Å². The number of aliphatic hydroxyl groups is 1. The van der Waals surface area contributed by atoms with Gasteiger partial charge < -0.3 is 9.52 Å². The average Bonchev–Trinajstić information content (AvgIpc) is 3.32. The van der Waals surface area contributed by atoms with Gasteiger partial charge in [-0.2, -0.15) is 0 Å². The first-order valence-corrected chi connectivity index (χ1v) is 8.70. The highest BCUT2D eigenvalue weighted by Crippen LogP contribution is 2.32. The van der Waals surface area contributed by atoms with Crippen molar-refractivity contribution in [3.05, 3.63) is 84.3 Å². The van der Waals surface area contributed by atoms with E-state index in [1.54, 1.807) is 29.0 Å². The fourth-order valence-corrected chi connectivity index (χ4v) is 3.48. The Balaban J connectivity index is 1.73. The Labute approximate surface area is 158 Å². The number of para-hydroxylation sites is 1. The zero-order valence-electron chi connectivity index (χ0n) is 14.6. The SMILES string of the molecule is OCc1c(F)ccc(-c2cccc3nc(-c4coc5ccccc45)cn23)c1F. The minimum absolute atomic E-state index is 0.192. The zero-order chi connectivity index (χ0) is 19.3. The Morgan fingerprint density at radius 2 is 1.82 bits per heavy atom. The van der Waals surface area contributed by atoms with E-state index in [1.165, 1.54) is 6.07 Å². The summed E-state index contributed by atoms with van der Waals surface area (Å²) in [4.78, 5) is 4.64. The summed E-state index contributed by atoms with van der Waals surface area (Å²) >= 11 is 0. The maximum atomic E-state index is 14.8. The first-order chi connectivity index (χ1) is 13.7. The fourth-order valence-electron chi connectivity index (χ4n) is 3.48. The van der Waals surface area contributed by atoms with Crippen molar-refractivity contribution in [2.24, 2.45) is 0 Å². The molecule has 0 unspecified atom stereocenters. The third-order valence-corrected chi connectivity index (χ3v) is 4.87. The highest BCUT2D eigenvalue weighted by molar-refractivity contribution is 5.93. The van der Waals surface area contributed by atoms with Gasteiger partial charge in [-0.3, -0.25) is 4.40 Å². The molecule has 28 heavy (non-hydrogen) atoms. The molecular weight excluding hydrogens is 362 g/mol. The number of halogens is 2. The summed E-state index contributed by atoms with van der Waals surface area (Å²) in [5, 5.41) is 10.2. The van der Waals surface area contributed by atoms with Crippen molar-refractivity contribution in [1.29, 1.82) is 0 Å². The van der Waals surface area contributed by atoms with Gasteiger partial charge in [0.15, 0.2) is 0 Å². The summed E-state index contributed by atoms with van der Waals surface area (Å²) in [7, 11) is 0. The average molecular weight is 376 g/mol. The summed E-state index contributed by atoms with van der Waals surface area (Å²) in [5.74, 6) is -1.55. The topological polar surface area (TPSA) is 50.7 Å². The smallest absolute Gasteiger partial charge is 0.140 e. The van der Waals surface area contributed by atoms with E-state index in [1.807, 2.05) is 30.3 Å². The third kappa shape index (κ3) is 2.42. The van der Waals surface area contributed by atoms with Crippen LogP contribution in [0.5, 0.6) is 0 Å². The third-order valence-electron chi connectivity index (χ3n) is 4.87. The Morgan fingerprint density at radius 1 is 0.964 bits per heavy atom. The molecule has 0 fully saturated rings. The summed E-state index contributed by atoms with van der Waals surface area (Å²) in [5.41, 5.74) is 3.24. The highest BCUT2D eigenvalue weighted by atomic mass is 19.1. The molecule has 0 radical (unpaired) electrons. The Hall–Kier alpha value is -3.51. The molecular formula is C22H14F2N2O2. The van der Waals surface area contributed by atoms with Crippen LogP contribution in [-0.2, 0) is 6.61 Å². The lowest BCUT2D eigenvalue weighted by atomic mass is 10.1. The van der Waals surface area contributed by atoms with Crippen LogP contribution in [0.25, 0.3) is 39.1 Å². The van der Waals surface area contributed by atoms with Gasteiger partial charge in [-0.15, -0.1) is 0 Å². The Morgan fingerprint density at radius 3 is 2.68 bits per heavy atom. The number of hydrogen-bond donors (Lipinski definition) is 1. The molecule has 0 spiro atoms. The molecule has 138 valence electrons. The van der Waals surface area contributed by atoms with Gasteiger partial charge in [-0.25, -0.2) is 13.8 Å². The van der Waals surface area contributed by atoms with E-state index < -0.39 is 18.2 Å². The van der Waals surface area contributed by atoms with E-state index >= 15 is 0 Å². The standard InChI is InChI=1S/C22H14F2N2O2/c23-17-9-8-14(22(24)15(17)11-27)19-5-3-7-21-25-18(10-26(19)21)16-12-28-20-6-2-1-4-13(16)20/h1-10,12,27H,11H2. The maximum absolute atomic E-state index is 14.8. The predicted octanol–water partition coefficient (Wildman–Crippen LogP) is 5.19. The molecule has 1 N–H and O–H groups in total. The normalized spacial score (nSPS) is 11.5. The number of aliphatic hydroxyl groups excluding tert-OH is 1. The largest absolute Gasteiger partial charge is 0.464 e. The molecule has 0 aliphatic rings. The molecule has 6 heteroatoms. The first kappa shape index (κ1) is 16.6. The van der Waals surface area contributed by atoms with Crippen molar-refractivity contribution in [3.63, 3.8) is 0 Å². The van der Waals surface area contributed by atoms with Crippen LogP contribution < -0.4 is 0 Å². The fraction of sp³-hybridized carbons (Fsp3) is 0.0455. The van der Waals surface area contributed by atoms with E-state index in [0.717, 1.165) is 22.6 Å². The van der Waals surface area contributed by atoms with Crippen LogP contribution in [0.2, 0.25) is 0 Å². The minimum atomic E-state index is -0.779. The second-order valence-electron chi connectivity index (χ2n) is 6.46. The van der Waals surface area contributed by atoms with Crippen molar-refractivity contribution in [1.82, 2.24) is 9.38 Å². The predicted molar refractivity (Wildman–Crippen MR) is 102 cm³/mol. The first-order valence-electron chi connectivity index (χ1n) is 8.70. The van der Waals surface area contributed by atoms with Crippen molar-refractivity contribution in [2.75, 3.05) is 0 Å². The highest BCUT2D eigenvalue weighted by Gasteiger charge is 2.18. The van der Waals surface area contributed by atoms with Crippen LogP contribution in [0.4, 0.5) is 8.78 Å². The maximum Gasteiger partial charge on any atom is 0.140 e. The zero-order valence-corrected chi connectivity index (χ0v) is 14.6. The second kappa shape index (κ2) is 6.28. The Kier molecular flexibility index (Phi) is 3.74. The van der Waals surface area contributed by atoms with E-state index in [2.05, 4.69) is 4.98 Å². The van der Waals surface area contributed by atoms with Gasteiger partial charge >= 0.3 is 0 Å². The molecule has 0 atom stereocenters. The van der Waals surface area contributed by atoms with Crippen molar-refractivity contribution in [3.8, 4) is 22.5 Å². The van der Waals surface area contributed by atoms with E-state index in [-0.39, 0.29) is 11.1 Å². The minimum Gasteiger partial charge on any atom is -0.464 e. The lowest BCUT2D eigenvalue weighted by Crippen LogP contribution is -2.00. The molecule has 5 aromatic rings. The molecule has 4 nitrogen and oxygen atoms in total. The number of furan rings is 1. The van der Waals surface area contributed by atoms with Gasteiger partial charge in [0.2, 0.25) is 0 Å². The van der Waals surface area contributed by atoms with Gasteiger partial charge in [0, 0.05) is 28.3 Å². The molecule has 0 saturated heterocycles. The van der Waals surface area contributed by atoms with Gasteiger partial charge in [-0.05, 0) is 30.3 Å². The molecule has 5 rings (SSSR count). The molecule has 2 aromatic carbocycles. The number of benzene rings is 2. The van der Waals surface area contributed by atoms with E-state index in [9.17, 15) is 13.9 Å². The number of imidazole rings is 1. The van der Waals surface area contributed by atoms with Gasteiger partial charge in [0.05, 0.1) is 18.0 Å². The van der Waals surface area contributed by atoms with Gasteiger partial charge in [0.25, 0.3) is 0 Å². The number of rotatable bonds is 3. The van der Waals surface area contributed by atoms with Crippen LogP contribution >= 0.6 is 0 Å². The molecule has 0 aliphatic heterocycles. The summed E-state index contributed by atoms with van der Waals surface area (Å²) in [6, 6.07) is 15.5. The number of fused-ring (bicyclic) bond motifs is 2. The molecule has 0 bridgehead atoms. The number of hydrogen-bond acceptors (Lipinski definition) is 3. The van der Waals surface area contributed by atoms with Gasteiger partial charge in [-0.1, -0.05) is 24.3 Å². The van der Waals surface area contributed by atoms with Crippen LogP contribution in [0.3, 0.4) is 0 Å². The molecule has 0 saturated carbocycles. The van der Waals surface area contributed by atoms with E-state index in [4.69, 9.17) is 4.42 Å². The van der Waals surface area contributed by atoms with Crippen molar-refractivity contribution in [2.45, 2.75) is 6.61 Å². The van der Waals surface area contributed by atoms with Crippen molar-refractivity contribution < 1.29 is 18.3 Å². The Bertz CT molecular complexity index is 1340. The number of pyridine rings is 1. The van der Waals surface area contributed by atoms with Gasteiger partial charge in [0.1, 0.15) is 29.1 Å².